The van der Waals surface area contributed by atoms with Gasteiger partial charge in [0, 0.05) is 5.38 Å². The highest BCUT2D eigenvalue weighted by atomic mass is 32.1. The average Bonchev–Trinajstić information content (AvgIpc) is 2.83. The Morgan fingerprint density at radius 1 is 1.06 bits per heavy atom. The number of para-hydroxylation sites is 2. The Bertz CT molecular complexity index is 458. The molecule has 0 bridgehead atoms. The van der Waals surface area contributed by atoms with Crippen LogP contribution < -0.4 is 9.47 Å². The van der Waals surface area contributed by atoms with Crippen molar-refractivity contribution >= 4 is 11.3 Å². The monoisotopic (exact) mass is 258 g/mol. The summed E-state index contributed by atoms with van der Waals surface area (Å²) in [6, 6.07) is 7.71. The molecule has 0 fully saturated rings. The molecule has 0 unspecified atom stereocenters. The van der Waals surface area contributed by atoms with Crippen LogP contribution in [0, 0.1) is 0 Å². The zero-order valence-corrected chi connectivity index (χ0v) is 9.29. The standard InChI is InChI=1S/C7H4F2O2.C4H4OS/c8-7(9)10-5-3-1-2-4-6(5)11-7;5-4-1-2-6-3-4/h1-4H;1-3,5H. The molecular weight excluding hydrogens is 250 g/mol. The molecule has 1 aliphatic heterocycles. The highest BCUT2D eigenvalue weighted by Crippen LogP contribution is 2.39. The van der Waals surface area contributed by atoms with Crippen molar-refractivity contribution < 1.29 is 23.4 Å². The van der Waals surface area contributed by atoms with Crippen LogP contribution in [-0.2, 0) is 0 Å². The van der Waals surface area contributed by atoms with Crippen LogP contribution in [0.3, 0.4) is 0 Å². The van der Waals surface area contributed by atoms with Gasteiger partial charge in [-0.15, -0.1) is 20.1 Å². The van der Waals surface area contributed by atoms with E-state index in [0.29, 0.717) is 5.75 Å². The van der Waals surface area contributed by atoms with E-state index in [0.717, 1.165) is 0 Å². The van der Waals surface area contributed by atoms with E-state index in [1.165, 1.54) is 23.5 Å². The predicted molar refractivity (Wildman–Crippen MR) is 58.6 cm³/mol. The Morgan fingerprint density at radius 3 is 2.00 bits per heavy atom. The first kappa shape index (κ1) is 11.7. The number of thiophene rings is 1. The number of hydrogen-bond acceptors (Lipinski definition) is 4. The van der Waals surface area contributed by atoms with Gasteiger partial charge in [0.05, 0.1) is 0 Å². The first-order valence-corrected chi connectivity index (χ1v) is 5.57. The van der Waals surface area contributed by atoms with Crippen molar-refractivity contribution in [3.05, 3.63) is 41.1 Å². The van der Waals surface area contributed by atoms with Crippen molar-refractivity contribution in [2.24, 2.45) is 0 Å². The second-order valence-corrected chi connectivity index (χ2v) is 3.88. The van der Waals surface area contributed by atoms with Crippen LogP contribution in [0.2, 0.25) is 0 Å². The van der Waals surface area contributed by atoms with Crippen molar-refractivity contribution in [1.82, 2.24) is 0 Å². The lowest BCUT2D eigenvalue weighted by Crippen LogP contribution is -2.25. The van der Waals surface area contributed by atoms with Crippen molar-refractivity contribution in [2.45, 2.75) is 6.29 Å². The number of alkyl halides is 2. The molecule has 1 aromatic carbocycles. The number of hydrogen-bond donors (Lipinski definition) is 1. The van der Waals surface area contributed by atoms with Gasteiger partial charge in [-0.25, -0.2) is 0 Å². The topological polar surface area (TPSA) is 38.7 Å². The fraction of sp³-hybridized carbons (Fsp3) is 0.0909. The fourth-order valence-electron chi connectivity index (χ4n) is 1.15. The second-order valence-electron chi connectivity index (χ2n) is 3.10. The lowest BCUT2D eigenvalue weighted by Gasteiger charge is -2.04. The van der Waals surface area contributed by atoms with Crippen LogP contribution in [0.15, 0.2) is 41.1 Å². The largest absolute Gasteiger partial charge is 0.586 e. The van der Waals surface area contributed by atoms with Crippen molar-refractivity contribution in [3.8, 4) is 17.2 Å². The summed E-state index contributed by atoms with van der Waals surface area (Å²) in [5, 5.41) is 12.0. The molecule has 0 atom stereocenters. The molecule has 0 spiro atoms. The maximum Gasteiger partial charge on any atom is 0.586 e. The van der Waals surface area contributed by atoms with E-state index in [9.17, 15) is 8.78 Å². The molecule has 6 heteroatoms. The van der Waals surface area contributed by atoms with E-state index in [4.69, 9.17) is 5.11 Å². The molecule has 1 aromatic heterocycles. The van der Waals surface area contributed by atoms with Crippen molar-refractivity contribution in [3.63, 3.8) is 0 Å². The Labute approximate surface area is 99.8 Å². The average molecular weight is 258 g/mol. The summed E-state index contributed by atoms with van der Waals surface area (Å²) in [4.78, 5) is 0. The molecule has 3 nitrogen and oxygen atoms in total. The third-order valence-corrected chi connectivity index (χ3v) is 2.48. The first-order chi connectivity index (χ1) is 8.07. The van der Waals surface area contributed by atoms with Crippen LogP contribution in [0.4, 0.5) is 8.78 Å². The second kappa shape index (κ2) is 4.58. The van der Waals surface area contributed by atoms with Gasteiger partial charge in [-0.05, 0) is 23.6 Å². The predicted octanol–water partition coefficient (Wildman–Crippen LogP) is 3.46. The maximum absolute atomic E-state index is 12.3. The van der Waals surface area contributed by atoms with E-state index < -0.39 is 6.29 Å². The summed E-state index contributed by atoms with van der Waals surface area (Å²) in [5.41, 5.74) is 0. The minimum Gasteiger partial charge on any atom is -0.507 e. The molecule has 3 rings (SSSR count). The minimum atomic E-state index is -3.50. The molecule has 1 aliphatic rings. The van der Waals surface area contributed by atoms with Gasteiger partial charge in [-0.1, -0.05) is 12.1 Å². The molecule has 0 amide bonds. The molecule has 0 radical (unpaired) electrons. The van der Waals surface area contributed by atoms with Crippen LogP contribution in [0.1, 0.15) is 0 Å². The summed E-state index contributed by atoms with van der Waals surface area (Å²) >= 11 is 1.49. The van der Waals surface area contributed by atoms with Crippen LogP contribution in [0.25, 0.3) is 0 Å². The van der Waals surface area contributed by atoms with Gasteiger partial charge in [0.2, 0.25) is 0 Å². The lowest BCUT2D eigenvalue weighted by atomic mass is 10.3. The summed E-state index contributed by atoms with van der Waals surface area (Å²) in [7, 11) is 0. The molecule has 2 heterocycles. The zero-order valence-electron chi connectivity index (χ0n) is 8.47. The number of halogens is 2. The Hall–Kier alpha value is -1.82. The Balaban J connectivity index is 0.000000153. The maximum atomic E-state index is 12.3. The van der Waals surface area contributed by atoms with Crippen molar-refractivity contribution in [2.75, 3.05) is 0 Å². The fourth-order valence-corrected chi connectivity index (χ4v) is 1.67. The van der Waals surface area contributed by atoms with Gasteiger partial charge in [0.25, 0.3) is 0 Å². The molecule has 0 saturated carbocycles. The molecule has 0 aliphatic carbocycles. The van der Waals surface area contributed by atoms with E-state index >= 15 is 0 Å². The van der Waals surface area contributed by atoms with Gasteiger partial charge in [0.15, 0.2) is 11.5 Å². The summed E-state index contributed by atoms with van der Waals surface area (Å²) in [5.74, 6) is 0.523. The zero-order chi connectivity index (χ0) is 12.3. The first-order valence-electron chi connectivity index (χ1n) is 4.63. The van der Waals surface area contributed by atoms with Gasteiger partial charge < -0.3 is 14.6 Å². The summed E-state index contributed by atoms with van der Waals surface area (Å²) in [6.45, 7) is 0. The Morgan fingerprint density at radius 2 is 1.65 bits per heavy atom. The molecule has 0 saturated heterocycles. The quantitative estimate of drug-likeness (QED) is 0.786. The third kappa shape index (κ3) is 3.07. The summed E-state index contributed by atoms with van der Waals surface area (Å²) < 4.78 is 32.9. The van der Waals surface area contributed by atoms with Gasteiger partial charge in [-0.2, -0.15) is 0 Å². The molecule has 17 heavy (non-hydrogen) atoms. The number of fused-ring (bicyclic) bond motifs is 1. The SMILES string of the molecule is FC1(F)Oc2ccccc2O1.Oc1ccsc1. The normalized spacial score (nSPS) is 14.9. The van der Waals surface area contributed by atoms with E-state index in [2.05, 4.69) is 9.47 Å². The van der Waals surface area contributed by atoms with Crippen molar-refractivity contribution in [1.29, 1.82) is 0 Å². The third-order valence-electron chi connectivity index (χ3n) is 1.81. The molecule has 1 N–H and O–H groups in total. The van der Waals surface area contributed by atoms with E-state index in [-0.39, 0.29) is 11.5 Å². The van der Waals surface area contributed by atoms with Gasteiger partial charge in [-0.3, -0.25) is 0 Å². The highest BCUT2D eigenvalue weighted by Gasteiger charge is 2.42. The van der Waals surface area contributed by atoms with Crippen LogP contribution in [-0.4, -0.2) is 11.4 Å². The van der Waals surface area contributed by atoms with Crippen LogP contribution in [0.5, 0.6) is 17.2 Å². The lowest BCUT2D eigenvalue weighted by molar-refractivity contribution is -0.286. The van der Waals surface area contributed by atoms with Gasteiger partial charge in [0.1, 0.15) is 5.75 Å². The molecule has 90 valence electrons. The number of aromatic hydroxyl groups is 1. The van der Waals surface area contributed by atoms with Crippen LogP contribution >= 0.6 is 11.3 Å². The minimum absolute atomic E-state index is 0.0810. The van der Waals surface area contributed by atoms with E-state index in [1.807, 2.05) is 5.38 Å². The van der Waals surface area contributed by atoms with E-state index in [1.54, 1.807) is 23.6 Å². The molecular formula is C11H8F2O3S. The van der Waals surface area contributed by atoms with Gasteiger partial charge >= 0.3 is 6.29 Å². The Kier molecular flexibility index (Phi) is 3.14. The number of rotatable bonds is 0. The molecule has 2 aromatic rings. The summed E-state index contributed by atoms with van der Waals surface area (Å²) in [6.07, 6.45) is -3.50. The smallest absolute Gasteiger partial charge is 0.507 e. The number of ether oxygens (including phenoxy) is 2. The highest BCUT2D eigenvalue weighted by molar-refractivity contribution is 7.08. The number of benzene rings is 1.